The molecule has 12 nitrogen and oxygen atoms in total. The quantitative estimate of drug-likeness (QED) is 0.284. The van der Waals surface area contributed by atoms with Gasteiger partial charge in [0.15, 0.2) is 5.82 Å². The highest BCUT2D eigenvalue weighted by molar-refractivity contribution is 5.89. The summed E-state index contributed by atoms with van der Waals surface area (Å²) in [4.78, 5) is 30.5. The molecule has 0 radical (unpaired) electrons. The lowest BCUT2D eigenvalue weighted by atomic mass is 10.2. The van der Waals surface area contributed by atoms with Gasteiger partial charge in [-0.3, -0.25) is 0 Å². The molecule has 0 unspecified atom stereocenters. The molecule has 222 valence electrons. The Morgan fingerprint density at radius 3 is 2.47 bits per heavy atom. The fourth-order valence-corrected chi connectivity index (χ4v) is 5.10. The zero-order valence-electron chi connectivity index (χ0n) is 25.2. The van der Waals surface area contributed by atoms with Crippen LogP contribution in [-0.2, 0) is 11.8 Å². The van der Waals surface area contributed by atoms with Crippen LogP contribution in [0.15, 0.2) is 48.8 Å². The largest absolute Gasteiger partial charge is 0.457 e. The SMILES string of the molecule is Cc1cc(Nc2ncnc3cc(C)c(N4CCN(C(=O)OC(C)(C)C)CC4)nc23)ccc1Oc1ccc2c(c1)nnn2C. The van der Waals surface area contributed by atoms with Crippen LogP contribution in [-0.4, -0.2) is 72.7 Å². The molecule has 6 rings (SSSR count). The average Bonchev–Trinajstić information content (AvgIpc) is 3.33. The Morgan fingerprint density at radius 2 is 1.72 bits per heavy atom. The molecule has 1 amide bonds. The van der Waals surface area contributed by atoms with E-state index in [1.807, 2.05) is 84.1 Å². The van der Waals surface area contributed by atoms with Gasteiger partial charge in [-0.1, -0.05) is 5.21 Å². The minimum Gasteiger partial charge on any atom is -0.457 e. The van der Waals surface area contributed by atoms with Crippen molar-refractivity contribution in [3.05, 3.63) is 59.9 Å². The Bertz CT molecular complexity index is 1820. The maximum absolute atomic E-state index is 12.5. The average molecular weight is 582 g/mol. The number of nitrogens with zero attached hydrogens (tertiary/aromatic N) is 8. The smallest absolute Gasteiger partial charge is 0.410 e. The third-order valence-corrected chi connectivity index (χ3v) is 7.25. The Hall–Kier alpha value is -5.00. The zero-order valence-corrected chi connectivity index (χ0v) is 25.2. The number of carbonyl (C=O) groups is 1. The van der Waals surface area contributed by atoms with Gasteiger partial charge in [0.05, 0.1) is 11.0 Å². The molecule has 0 saturated carbocycles. The maximum atomic E-state index is 12.5. The van der Waals surface area contributed by atoms with E-state index in [9.17, 15) is 4.79 Å². The highest BCUT2D eigenvalue weighted by Gasteiger charge is 2.27. The van der Waals surface area contributed by atoms with Crippen LogP contribution >= 0.6 is 0 Å². The third kappa shape index (κ3) is 5.99. The van der Waals surface area contributed by atoms with Crippen LogP contribution in [0.4, 0.5) is 22.1 Å². The number of carbonyl (C=O) groups excluding carboxylic acids is 1. The highest BCUT2D eigenvalue weighted by Crippen LogP contribution is 2.32. The van der Waals surface area contributed by atoms with Gasteiger partial charge in [0.2, 0.25) is 0 Å². The van der Waals surface area contributed by atoms with Crippen LogP contribution in [0.5, 0.6) is 11.5 Å². The number of aryl methyl sites for hydroxylation is 3. The molecule has 1 fully saturated rings. The summed E-state index contributed by atoms with van der Waals surface area (Å²) in [6.07, 6.45) is 1.26. The first-order valence-corrected chi connectivity index (χ1v) is 14.2. The predicted molar refractivity (Wildman–Crippen MR) is 165 cm³/mol. The number of pyridine rings is 1. The molecule has 2 aromatic carbocycles. The molecule has 0 bridgehead atoms. The summed E-state index contributed by atoms with van der Waals surface area (Å²) in [6.45, 7) is 12.1. The number of anilines is 3. The van der Waals surface area contributed by atoms with Gasteiger partial charge in [-0.2, -0.15) is 0 Å². The van der Waals surface area contributed by atoms with Crippen molar-refractivity contribution in [3.8, 4) is 11.5 Å². The number of fused-ring (bicyclic) bond motifs is 2. The number of hydrogen-bond acceptors (Lipinski definition) is 10. The van der Waals surface area contributed by atoms with Crippen molar-refractivity contribution >= 4 is 45.5 Å². The van der Waals surface area contributed by atoms with E-state index < -0.39 is 5.60 Å². The van der Waals surface area contributed by atoms with E-state index in [0.29, 0.717) is 43.3 Å². The molecule has 3 aromatic heterocycles. The second kappa shape index (κ2) is 11.0. The molecule has 43 heavy (non-hydrogen) atoms. The van der Waals surface area contributed by atoms with Crippen molar-refractivity contribution in [2.75, 3.05) is 36.4 Å². The van der Waals surface area contributed by atoms with Crippen molar-refractivity contribution < 1.29 is 14.3 Å². The van der Waals surface area contributed by atoms with Crippen LogP contribution in [0.2, 0.25) is 0 Å². The van der Waals surface area contributed by atoms with Gasteiger partial charge in [-0.25, -0.2) is 24.4 Å². The number of piperazine rings is 1. The molecule has 4 heterocycles. The second-order valence-electron chi connectivity index (χ2n) is 11.7. The van der Waals surface area contributed by atoms with Crippen molar-refractivity contribution in [1.82, 2.24) is 34.8 Å². The number of aromatic nitrogens is 6. The van der Waals surface area contributed by atoms with Crippen molar-refractivity contribution in [3.63, 3.8) is 0 Å². The number of amides is 1. The predicted octanol–water partition coefficient (Wildman–Crippen LogP) is 5.52. The summed E-state index contributed by atoms with van der Waals surface area (Å²) in [7, 11) is 1.86. The Kier molecular flexibility index (Phi) is 7.20. The van der Waals surface area contributed by atoms with E-state index in [4.69, 9.17) is 14.5 Å². The van der Waals surface area contributed by atoms with E-state index >= 15 is 0 Å². The fourth-order valence-electron chi connectivity index (χ4n) is 5.10. The molecule has 0 atom stereocenters. The normalized spacial score (nSPS) is 13.9. The number of rotatable bonds is 5. The maximum Gasteiger partial charge on any atom is 0.410 e. The molecule has 1 saturated heterocycles. The number of benzene rings is 2. The monoisotopic (exact) mass is 581 g/mol. The van der Waals surface area contributed by atoms with Gasteiger partial charge in [0.1, 0.15) is 40.3 Å². The lowest BCUT2D eigenvalue weighted by Crippen LogP contribution is -2.50. The van der Waals surface area contributed by atoms with E-state index in [1.165, 1.54) is 6.33 Å². The van der Waals surface area contributed by atoms with Gasteiger partial charge in [-0.05, 0) is 82.1 Å². The highest BCUT2D eigenvalue weighted by atomic mass is 16.6. The summed E-state index contributed by atoms with van der Waals surface area (Å²) in [5.41, 5.74) is 5.44. The molecule has 1 aliphatic rings. The van der Waals surface area contributed by atoms with Gasteiger partial charge in [0, 0.05) is 45.0 Å². The summed E-state index contributed by atoms with van der Waals surface area (Å²) < 4.78 is 13.4. The molecule has 0 spiro atoms. The minimum atomic E-state index is -0.521. The molecule has 1 aliphatic heterocycles. The summed E-state index contributed by atoms with van der Waals surface area (Å²) in [6, 6.07) is 13.6. The standard InChI is InChI=1S/C31H35N9O3/c1-19-15-21(7-10-26(19)42-22-8-9-25-23(17-22)36-37-38(25)6)34-28-27-24(32-18-33-28)16-20(2)29(35-27)39-11-13-40(14-12-39)30(41)43-31(3,4)5/h7-10,15-18H,11-14H2,1-6H3,(H,32,33,34). The number of hydrogen-bond donors (Lipinski definition) is 1. The first kappa shape index (κ1) is 28.1. The van der Waals surface area contributed by atoms with Crippen molar-refractivity contribution in [1.29, 1.82) is 0 Å². The van der Waals surface area contributed by atoms with Gasteiger partial charge in [-0.15, -0.1) is 5.10 Å². The van der Waals surface area contributed by atoms with Crippen molar-refractivity contribution in [2.45, 2.75) is 40.2 Å². The van der Waals surface area contributed by atoms with E-state index in [0.717, 1.165) is 44.9 Å². The first-order valence-electron chi connectivity index (χ1n) is 14.2. The minimum absolute atomic E-state index is 0.284. The van der Waals surface area contributed by atoms with Gasteiger partial charge in [0.25, 0.3) is 0 Å². The van der Waals surface area contributed by atoms with E-state index in [2.05, 4.69) is 30.5 Å². The summed E-state index contributed by atoms with van der Waals surface area (Å²) >= 11 is 0. The second-order valence-corrected chi connectivity index (χ2v) is 11.7. The molecular formula is C31H35N9O3. The van der Waals surface area contributed by atoms with Gasteiger partial charge < -0.3 is 24.6 Å². The molecule has 0 aliphatic carbocycles. The first-order chi connectivity index (χ1) is 20.5. The van der Waals surface area contributed by atoms with Crippen LogP contribution in [0.3, 0.4) is 0 Å². The van der Waals surface area contributed by atoms with Crippen molar-refractivity contribution in [2.24, 2.45) is 7.05 Å². The fraction of sp³-hybridized carbons (Fsp3) is 0.355. The van der Waals surface area contributed by atoms with E-state index in [-0.39, 0.29) is 6.09 Å². The van der Waals surface area contributed by atoms with Crippen LogP contribution in [0, 0.1) is 13.8 Å². The summed E-state index contributed by atoms with van der Waals surface area (Å²) in [5, 5.41) is 11.7. The Labute approximate surface area is 249 Å². The molecule has 5 aromatic rings. The Balaban J connectivity index is 1.19. The topological polar surface area (TPSA) is 123 Å². The zero-order chi connectivity index (χ0) is 30.3. The van der Waals surface area contributed by atoms with E-state index in [1.54, 1.807) is 9.58 Å². The lowest BCUT2D eigenvalue weighted by Gasteiger charge is -2.36. The number of nitrogens with one attached hydrogen (secondary N) is 1. The van der Waals surface area contributed by atoms with Gasteiger partial charge >= 0.3 is 6.09 Å². The van der Waals surface area contributed by atoms with Crippen LogP contribution in [0.25, 0.3) is 22.1 Å². The van der Waals surface area contributed by atoms with Crippen LogP contribution < -0.4 is 15.0 Å². The van der Waals surface area contributed by atoms with Crippen LogP contribution in [0.1, 0.15) is 31.9 Å². The Morgan fingerprint density at radius 1 is 0.930 bits per heavy atom. The number of ether oxygens (including phenoxy) is 2. The lowest BCUT2D eigenvalue weighted by molar-refractivity contribution is 0.0240. The molecule has 1 N–H and O–H groups in total. The molecule has 12 heteroatoms. The molecular weight excluding hydrogens is 546 g/mol. The summed E-state index contributed by atoms with van der Waals surface area (Å²) in [5.74, 6) is 2.90. The third-order valence-electron chi connectivity index (χ3n) is 7.25.